The fraction of sp³-hybridized carbons (Fsp3) is 0.0909. The Labute approximate surface area is 78.3 Å². The van der Waals surface area contributed by atoms with Gasteiger partial charge in [-0.15, -0.1) is 0 Å². The molecular weight excluding hydrogens is 162 g/mol. The molecule has 1 amide bonds. The lowest BCUT2D eigenvalue weighted by molar-refractivity contribution is -0.119. The van der Waals surface area contributed by atoms with Gasteiger partial charge in [0.15, 0.2) is 0 Å². The first kappa shape index (κ1) is 9.52. The Kier molecular flexibility index (Phi) is 3.76. The molecule has 0 heterocycles. The molecule has 0 unspecified atom stereocenters. The minimum atomic E-state index is -0.0221. The molecule has 0 aliphatic carbocycles. The highest BCUT2D eigenvalue weighted by Gasteiger charge is 1.98. The first-order valence-corrected chi connectivity index (χ1v) is 4.10. The third-order valence-corrected chi connectivity index (χ3v) is 1.57. The summed E-state index contributed by atoms with van der Waals surface area (Å²) < 4.78 is 0. The zero-order valence-electron chi connectivity index (χ0n) is 7.36. The van der Waals surface area contributed by atoms with Crippen molar-refractivity contribution in [2.75, 3.05) is 0 Å². The van der Waals surface area contributed by atoms with Gasteiger partial charge in [0.1, 0.15) is 0 Å². The summed E-state index contributed by atoms with van der Waals surface area (Å²) in [4.78, 5) is 11.2. The topological polar surface area (TPSA) is 29.1 Å². The third kappa shape index (κ3) is 3.56. The fourth-order valence-corrected chi connectivity index (χ4v) is 0.984. The van der Waals surface area contributed by atoms with Gasteiger partial charge in [0, 0.05) is 0 Å². The second kappa shape index (κ2) is 5.14. The van der Waals surface area contributed by atoms with Gasteiger partial charge in [-0.3, -0.25) is 4.79 Å². The molecule has 1 N–H and O–H groups in total. The highest BCUT2D eigenvalue weighted by atomic mass is 16.1. The standard InChI is InChI=1S/C11H12NO/c1-2-8-12-11(13)9-10-6-4-3-5-7-10/h2-8H,1,9H2,(H,12,13). The molecule has 0 aliphatic rings. The van der Waals surface area contributed by atoms with Gasteiger partial charge in [-0.2, -0.15) is 0 Å². The van der Waals surface area contributed by atoms with E-state index in [2.05, 4.69) is 12.2 Å². The van der Waals surface area contributed by atoms with Crippen LogP contribution < -0.4 is 5.32 Å². The molecule has 0 aromatic heterocycles. The van der Waals surface area contributed by atoms with Gasteiger partial charge < -0.3 is 5.32 Å². The van der Waals surface area contributed by atoms with Crippen molar-refractivity contribution in [3.05, 3.63) is 55.1 Å². The molecule has 1 aromatic rings. The molecule has 0 spiro atoms. The third-order valence-electron chi connectivity index (χ3n) is 1.57. The van der Waals surface area contributed by atoms with Gasteiger partial charge in [-0.25, -0.2) is 0 Å². The average Bonchev–Trinajstić information content (AvgIpc) is 2.16. The summed E-state index contributed by atoms with van der Waals surface area (Å²) in [6.07, 6.45) is 3.49. The van der Waals surface area contributed by atoms with Crippen molar-refractivity contribution in [1.29, 1.82) is 0 Å². The summed E-state index contributed by atoms with van der Waals surface area (Å²) >= 11 is 0. The predicted octanol–water partition coefficient (Wildman–Crippen LogP) is 1.69. The number of amides is 1. The number of benzene rings is 1. The number of nitrogens with one attached hydrogen (secondary N) is 1. The molecule has 2 heteroatoms. The number of carbonyl (C=O) groups is 1. The van der Waals surface area contributed by atoms with E-state index < -0.39 is 0 Å². The van der Waals surface area contributed by atoms with Crippen LogP contribution in [0.1, 0.15) is 5.56 Å². The second-order valence-corrected chi connectivity index (χ2v) is 2.63. The molecule has 0 atom stereocenters. The molecular formula is C11H12NO. The molecule has 0 fully saturated rings. The predicted molar refractivity (Wildman–Crippen MR) is 52.8 cm³/mol. The number of allylic oxidation sites excluding steroid dienone is 1. The summed E-state index contributed by atoms with van der Waals surface area (Å²) in [7, 11) is 0. The van der Waals surface area contributed by atoms with Crippen LogP contribution in [0.5, 0.6) is 0 Å². The van der Waals surface area contributed by atoms with E-state index in [9.17, 15) is 4.79 Å². The summed E-state index contributed by atoms with van der Waals surface area (Å²) in [6.45, 7) is 3.47. The summed E-state index contributed by atoms with van der Waals surface area (Å²) in [5, 5.41) is 2.60. The van der Waals surface area contributed by atoms with Gasteiger partial charge in [-0.05, 0) is 18.7 Å². The lowest BCUT2D eigenvalue weighted by Gasteiger charge is -1.99. The normalized spacial score (nSPS) is 10.2. The van der Waals surface area contributed by atoms with Gasteiger partial charge in [-0.1, -0.05) is 36.4 Å². The highest BCUT2D eigenvalue weighted by molar-refractivity contribution is 5.79. The van der Waals surface area contributed by atoms with Gasteiger partial charge in [0.05, 0.1) is 6.42 Å². The monoisotopic (exact) mass is 174 g/mol. The maximum absolute atomic E-state index is 11.2. The zero-order valence-corrected chi connectivity index (χ0v) is 7.36. The smallest absolute Gasteiger partial charge is 0.228 e. The van der Waals surface area contributed by atoms with Crippen LogP contribution in [0.2, 0.25) is 0 Å². The van der Waals surface area contributed by atoms with Crippen molar-refractivity contribution < 1.29 is 4.79 Å². The molecule has 13 heavy (non-hydrogen) atoms. The Hall–Kier alpha value is -1.57. The van der Waals surface area contributed by atoms with Crippen molar-refractivity contribution >= 4 is 5.91 Å². The molecule has 0 bridgehead atoms. The summed E-state index contributed by atoms with van der Waals surface area (Å²) in [6, 6.07) is 9.61. The first-order valence-electron chi connectivity index (χ1n) is 4.10. The molecule has 1 radical (unpaired) electrons. The average molecular weight is 174 g/mol. The maximum atomic E-state index is 11.2. The molecule has 0 saturated carbocycles. The van der Waals surface area contributed by atoms with Crippen LogP contribution in [-0.4, -0.2) is 5.91 Å². The van der Waals surface area contributed by atoms with Crippen LogP contribution in [0.15, 0.2) is 42.6 Å². The van der Waals surface area contributed by atoms with E-state index in [1.807, 2.05) is 30.3 Å². The number of carbonyl (C=O) groups excluding carboxylic acids is 1. The molecule has 0 saturated heterocycles. The molecule has 1 aromatic carbocycles. The first-order chi connectivity index (χ1) is 6.33. The van der Waals surface area contributed by atoms with Crippen LogP contribution in [0.3, 0.4) is 0 Å². The van der Waals surface area contributed by atoms with E-state index in [-0.39, 0.29) is 5.91 Å². The van der Waals surface area contributed by atoms with Crippen molar-refractivity contribution in [3.8, 4) is 0 Å². The SMILES string of the molecule is [CH2]C=CNC(=O)Cc1ccccc1. The molecule has 0 aliphatic heterocycles. The minimum absolute atomic E-state index is 0.0221. The zero-order chi connectivity index (χ0) is 9.52. The maximum Gasteiger partial charge on any atom is 0.228 e. The van der Waals surface area contributed by atoms with Crippen LogP contribution in [0.4, 0.5) is 0 Å². The van der Waals surface area contributed by atoms with Gasteiger partial charge >= 0.3 is 0 Å². The molecule has 1 rings (SSSR count). The Morgan fingerprint density at radius 3 is 2.69 bits per heavy atom. The number of hydrogen-bond donors (Lipinski definition) is 1. The van der Waals surface area contributed by atoms with E-state index in [1.54, 1.807) is 6.08 Å². The van der Waals surface area contributed by atoms with Crippen LogP contribution in [0, 0.1) is 6.92 Å². The van der Waals surface area contributed by atoms with Crippen LogP contribution >= 0.6 is 0 Å². The highest BCUT2D eigenvalue weighted by Crippen LogP contribution is 1.98. The Morgan fingerprint density at radius 2 is 2.08 bits per heavy atom. The lowest BCUT2D eigenvalue weighted by Crippen LogP contribution is -2.18. The van der Waals surface area contributed by atoms with E-state index in [0.29, 0.717) is 6.42 Å². The van der Waals surface area contributed by atoms with E-state index in [4.69, 9.17) is 0 Å². The summed E-state index contributed by atoms with van der Waals surface area (Å²) in [5.74, 6) is -0.0221. The minimum Gasteiger partial charge on any atom is -0.333 e. The lowest BCUT2D eigenvalue weighted by atomic mass is 10.1. The second-order valence-electron chi connectivity index (χ2n) is 2.63. The van der Waals surface area contributed by atoms with E-state index in [1.165, 1.54) is 6.20 Å². The van der Waals surface area contributed by atoms with Crippen LogP contribution in [0.25, 0.3) is 0 Å². The molecule has 2 nitrogen and oxygen atoms in total. The fourth-order valence-electron chi connectivity index (χ4n) is 0.984. The largest absolute Gasteiger partial charge is 0.333 e. The molecule has 67 valence electrons. The Balaban J connectivity index is 2.46. The van der Waals surface area contributed by atoms with Crippen molar-refractivity contribution in [2.24, 2.45) is 0 Å². The summed E-state index contributed by atoms with van der Waals surface area (Å²) in [5.41, 5.74) is 1.01. The Morgan fingerprint density at radius 1 is 1.38 bits per heavy atom. The van der Waals surface area contributed by atoms with Gasteiger partial charge in [0.25, 0.3) is 0 Å². The van der Waals surface area contributed by atoms with Crippen molar-refractivity contribution in [2.45, 2.75) is 6.42 Å². The van der Waals surface area contributed by atoms with Gasteiger partial charge in [0.2, 0.25) is 5.91 Å². The number of hydrogen-bond acceptors (Lipinski definition) is 1. The van der Waals surface area contributed by atoms with E-state index in [0.717, 1.165) is 5.56 Å². The van der Waals surface area contributed by atoms with Crippen molar-refractivity contribution in [3.63, 3.8) is 0 Å². The van der Waals surface area contributed by atoms with Crippen LogP contribution in [-0.2, 0) is 11.2 Å². The van der Waals surface area contributed by atoms with Crippen molar-refractivity contribution in [1.82, 2.24) is 5.32 Å². The van der Waals surface area contributed by atoms with E-state index >= 15 is 0 Å². The Bertz CT molecular complexity index is 290. The quantitative estimate of drug-likeness (QED) is 0.742. The number of rotatable bonds is 3.